The van der Waals surface area contributed by atoms with Gasteiger partial charge in [0.05, 0.1) is 11.1 Å². The van der Waals surface area contributed by atoms with Crippen LogP contribution in [0.4, 0.5) is 0 Å². The third kappa shape index (κ3) is 3.48. The Bertz CT molecular complexity index is 1190. The van der Waals surface area contributed by atoms with Crippen molar-refractivity contribution < 1.29 is 14.1 Å². The Balaban J connectivity index is 1.59. The van der Waals surface area contributed by atoms with E-state index in [2.05, 4.69) is 15.4 Å². The van der Waals surface area contributed by atoms with Crippen LogP contribution in [0.1, 0.15) is 27.5 Å². The average molecular weight is 361 g/mol. The predicted octanol–water partition coefficient (Wildman–Crippen LogP) is 3.03. The van der Waals surface area contributed by atoms with Crippen LogP contribution in [0.25, 0.3) is 10.8 Å². The fourth-order valence-electron chi connectivity index (χ4n) is 2.84. The quantitative estimate of drug-likeness (QED) is 0.443. The molecule has 2 aromatic carbocycles. The summed E-state index contributed by atoms with van der Waals surface area (Å²) >= 11 is 0. The van der Waals surface area contributed by atoms with Gasteiger partial charge in [-0.2, -0.15) is 5.10 Å². The number of hydrogen-bond donors (Lipinski definition) is 1. The highest BCUT2D eigenvalue weighted by molar-refractivity contribution is 5.89. The zero-order valence-electron chi connectivity index (χ0n) is 14.4. The van der Waals surface area contributed by atoms with Crippen molar-refractivity contribution in [3.63, 3.8) is 0 Å². The summed E-state index contributed by atoms with van der Waals surface area (Å²) in [6.45, 7) is 1.70. The number of aryl methyl sites for hydroxylation is 1. The van der Waals surface area contributed by atoms with Crippen molar-refractivity contribution in [1.82, 2.24) is 15.4 Å². The van der Waals surface area contributed by atoms with E-state index in [0.717, 1.165) is 16.6 Å². The van der Waals surface area contributed by atoms with Crippen LogP contribution in [0.2, 0.25) is 0 Å². The van der Waals surface area contributed by atoms with Gasteiger partial charge in [-0.25, -0.2) is 9.89 Å². The Morgan fingerprint density at radius 1 is 1.11 bits per heavy atom. The Hall–Kier alpha value is -3.74. The Morgan fingerprint density at radius 2 is 1.93 bits per heavy atom. The predicted molar refractivity (Wildman–Crippen MR) is 97.8 cm³/mol. The van der Waals surface area contributed by atoms with Crippen LogP contribution in [0.15, 0.2) is 63.9 Å². The maximum absolute atomic E-state index is 12.1. The van der Waals surface area contributed by atoms with Crippen molar-refractivity contribution in [2.75, 3.05) is 0 Å². The fourth-order valence-corrected chi connectivity index (χ4v) is 2.84. The largest absolute Gasteiger partial charge is 0.422 e. The van der Waals surface area contributed by atoms with Crippen molar-refractivity contribution >= 4 is 16.7 Å². The molecule has 0 aliphatic heterocycles. The number of aromatic amines is 1. The number of nitrogens with one attached hydrogen (secondary N) is 1. The minimum absolute atomic E-state index is 0.117. The van der Waals surface area contributed by atoms with Crippen molar-refractivity contribution in [2.45, 2.75) is 13.3 Å². The van der Waals surface area contributed by atoms with Gasteiger partial charge in [0.15, 0.2) is 5.69 Å². The third-order valence-corrected chi connectivity index (χ3v) is 4.09. The number of nitrogens with zero attached hydrogens (tertiary/aromatic N) is 2. The fraction of sp³-hybridized carbons (Fsp3) is 0.100. The summed E-state index contributed by atoms with van der Waals surface area (Å²) in [5.41, 5.74) is 1.52. The van der Waals surface area contributed by atoms with Crippen LogP contribution < -0.4 is 10.3 Å². The molecule has 1 N–H and O–H groups in total. The summed E-state index contributed by atoms with van der Waals surface area (Å²) in [7, 11) is 0. The second-order valence-electron chi connectivity index (χ2n) is 6.08. The maximum Gasteiger partial charge on any atom is 0.365 e. The number of benzene rings is 2. The highest BCUT2D eigenvalue weighted by Crippen LogP contribution is 2.20. The first-order valence-corrected chi connectivity index (χ1v) is 8.31. The zero-order valence-corrected chi connectivity index (χ0v) is 14.4. The highest BCUT2D eigenvalue weighted by atomic mass is 16.5. The molecule has 2 aromatic heterocycles. The molecule has 0 radical (unpaired) electrons. The number of carbonyl (C=O) groups excluding carboxylic acids is 1. The summed E-state index contributed by atoms with van der Waals surface area (Å²) in [6.07, 6.45) is 0.478. The molecule has 0 amide bonds. The maximum atomic E-state index is 12.1. The molecule has 0 saturated heterocycles. The van der Waals surface area contributed by atoms with Crippen molar-refractivity contribution in [3.05, 3.63) is 87.7 Å². The van der Waals surface area contributed by atoms with E-state index in [1.54, 1.807) is 31.2 Å². The van der Waals surface area contributed by atoms with E-state index in [9.17, 15) is 9.59 Å². The van der Waals surface area contributed by atoms with Gasteiger partial charge in [-0.1, -0.05) is 35.5 Å². The van der Waals surface area contributed by atoms with E-state index in [1.165, 1.54) is 6.07 Å². The summed E-state index contributed by atoms with van der Waals surface area (Å²) in [6, 6.07) is 16.0. The Kier molecular flexibility index (Phi) is 4.25. The van der Waals surface area contributed by atoms with Gasteiger partial charge in [0, 0.05) is 17.9 Å². The number of rotatable bonds is 4. The lowest BCUT2D eigenvalue weighted by Gasteiger charge is -2.07. The van der Waals surface area contributed by atoms with E-state index in [0.29, 0.717) is 23.3 Å². The van der Waals surface area contributed by atoms with Gasteiger partial charge in [0.1, 0.15) is 11.5 Å². The second-order valence-corrected chi connectivity index (χ2v) is 6.08. The molecule has 0 bridgehead atoms. The molecule has 27 heavy (non-hydrogen) atoms. The van der Waals surface area contributed by atoms with E-state index < -0.39 is 5.97 Å². The van der Waals surface area contributed by atoms with Gasteiger partial charge >= 0.3 is 5.97 Å². The molecule has 134 valence electrons. The van der Waals surface area contributed by atoms with Crippen LogP contribution in [0, 0.1) is 6.92 Å². The van der Waals surface area contributed by atoms with Crippen molar-refractivity contribution in [3.8, 4) is 5.75 Å². The number of esters is 1. The van der Waals surface area contributed by atoms with Gasteiger partial charge in [-0.05, 0) is 30.7 Å². The van der Waals surface area contributed by atoms with Crippen molar-refractivity contribution in [1.29, 1.82) is 0 Å². The lowest BCUT2D eigenvalue weighted by Crippen LogP contribution is -2.11. The minimum atomic E-state index is -0.586. The first kappa shape index (κ1) is 16.7. The molecule has 0 atom stereocenters. The Morgan fingerprint density at radius 3 is 2.70 bits per heavy atom. The third-order valence-electron chi connectivity index (χ3n) is 4.09. The molecule has 0 unspecified atom stereocenters. The summed E-state index contributed by atoms with van der Waals surface area (Å²) in [5, 5.41) is 11.7. The van der Waals surface area contributed by atoms with Gasteiger partial charge in [0.25, 0.3) is 5.56 Å². The molecule has 7 nitrogen and oxygen atoms in total. The molecule has 0 aliphatic carbocycles. The molecule has 2 heterocycles. The highest BCUT2D eigenvalue weighted by Gasteiger charge is 2.14. The minimum Gasteiger partial charge on any atom is -0.422 e. The van der Waals surface area contributed by atoms with E-state index in [1.807, 2.05) is 24.3 Å². The molecule has 0 spiro atoms. The van der Waals surface area contributed by atoms with Gasteiger partial charge in [0.2, 0.25) is 0 Å². The van der Waals surface area contributed by atoms with Crippen LogP contribution in [-0.4, -0.2) is 21.3 Å². The lowest BCUT2D eigenvalue weighted by molar-refractivity contribution is 0.0724. The van der Waals surface area contributed by atoms with Crippen molar-refractivity contribution in [2.24, 2.45) is 0 Å². The number of H-pyrrole nitrogens is 1. The average Bonchev–Trinajstić information content (AvgIpc) is 3.11. The number of ether oxygens (including phenoxy) is 1. The van der Waals surface area contributed by atoms with Crippen LogP contribution in [-0.2, 0) is 6.42 Å². The summed E-state index contributed by atoms with van der Waals surface area (Å²) in [4.78, 5) is 24.0. The van der Waals surface area contributed by atoms with Gasteiger partial charge < -0.3 is 9.26 Å². The van der Waals surface area contributed by atoms with Crippen LogP contribution in [0.5, 0.6) is 5.75 Å². The lowest BCUT2D eigenvalue weighted by atomic mass is 10.0. The molecule has 7 heteroatoms. The van der Waals surface area contributed by atoms with Crippen LogP contribution in [0.3, 0.4) is 0 Å². The number of aromatic nitrogens is 3. The number of carbonyl (C=O) groups is 1. The first-order valence-electron chi connectivity index (χ1n) is 8.31. The molecule has 0 fully saturated rings. The molecule has 0 aliphatic rings. The number of fused-ring (bicyclic) bond motifs is 1. The molecule has 0 saturated carbocycles. The zero-order chi connectivity index (χ0) is 18.8. The number of hydrogen-bond acceptors (Lipinski definition) is 6. The monoisotopic (exact) mass is 361 g/mol. The normalized spacial score (nSPS) is 10.9. The Labute approximate surface area is 153 Å². The van der Waals surface area contributed by atoms with E-state index in [-0.39, 0.29) is 11.3 Å². The molecule has 4 rings (SSSR count). The SMILES string of the molecule is Cc1cc(C(=O)Oc2cccc(Cc3n[nH]c(=O)c4ccccc34)c2)no1. The smallest absolute Gasteiger partial charge is 0.365 e. The van der Waals surface area contributed by atoms with Crippen LogP contribution >= 0.6 is 0 Å². The van der Waals surface area contributed by atoms with E-state index in [4.69, 9.17) is 9.26 Å². The molecule has 4 aromatic rings. The summed E-state index contributed by atoms with van der Waals surface area (Å²) in [5.74, 6) is 0.343. The second kappa shape index (κ2) is 6.87. The summed E-state index contributed by atoms with van der Waals surface area (Å²) < 4.78 is 10.2. The molecular formula is C20H15N3O4. The van der Waals surface area contributed by atoms with Gasteiger partial charge in [-0.3, -0.25) is 4.79 Å². The standard InChI is InChI=1S/C20H15N3O4/c1-12-9-18(23-27-12)20(25)26-14-6-4-5-13(10-14)11-17-15-7-2-3-8-16(15)19(24)22-21-17/h2-10H,11H2,1H3,(H,22,24). The first-order chi connectivity index (χ1) is 13.1. The topological polar surface area (TPSA) is 98.1 Å². The van der Waals surface area contributed by atoms with E-state index >= 15 is 0 Å². The molecular weight excluding hydrogens is 346 g/mol. The van der Waals surface area contributed by atoms with Gasteiger partial charge in [-0.15, -0.1) is 0 Å².